The van der Waals surface area contributed by atoms with E-state index in [1.54, 1.807) is 24.3 Å². The minimum absolute atomic E-state index is 0.0611. The van der Waals surface area contributed by atoms with Gasteiger partial charge >= 0.3 is 5.76 Å². The Morgan fingerprint density at radius 1 is 1.08 bits per heavy atom. The molecule has 1 aromatic heterocycles. The molecular formula is C19H20N2O3. The van der Waals surface area contributed by atoms with Gasteiger partial charge in [-0.1, -0.05) is 45.0 Å². The fourth-order valence-corrected chi connectivity index (χ4v) is 2.56. The van der Waals surface area contributed by atoms with Gasteiger partial charge in [-0.3, -0.25) is 9.36 Å². The van der Waals surface area contributed by atoms with Crippen LogP contribution in [-0.2, 0) is 16.8 Å². The zero-order valence-corrected chi connectivity index (χ0v) is 14.0. The molecule has 0 saturated heterocycles. The number of amides is 1. The van der Waals surface area contributed by atoms with Crippen LogP contribution in [0.25, 0.3) is 11.1 Å². The number of hydrogen-bond donors (Lipinski definition) is 1. The number of fused-ring (bicyclic) bond motifs is 1. The lowest BCUT2D eigenvalue weighted by atomic mass is 9.87. The molecule has 0 saturated carbocycles. The summed E-state index contributed by atoms with van der Waals surface area (Å²) in [4.78, 5) is 24.1. The van der Waals surface area contributed by atoms with Crippen molar-refractivity contribution in [3.8, 4) is 0 Å². The largest absolute Gasteiger partial charge is 0.420 e. The van der Waals surface area contributed by atoms with Crippen LogP contribution in [0.2, 0.25) is 0 Å². The summed E-state index contributed by atoms with van der Waals surface area (Å²) in [5, 5.41) is 2.81. The molecule has 1 heterocycles. The number of anilines is 1. The summed E-state index contributed by atoms with van der Waals surface area (Å²) >= 11 is 0. The van der Waals surface area contributed by atoms with Gasteiger partial charge in [-0.05, 0) is 35.2 Å². The number of rotatable bonds is 3. The molecule has 0 aliphatic carbocycles. The van der Waals surface area contributed by atoms with E-state index in [4.69, 9.17) is 4.42 Å². The Labute approximate surface area is 139 Å². The van der Waals surface area contributed by atoms with Crippen molar-refractivity contribution in [3.05, 3.63) is 64.6 Å². The van der Waals surface area contributed by atoms with Crippen LogP contribution in [0.3, 0.4) is 0 Å². The maximum absolute atomic E-state index is 12.2. The summed E-state index contributed by atoms with van der Waals surface area (Å²) in [6.07, 6.45) is 0. The average Bonchev–Trinajstić information content (AvgIpc) is 2.83. The first-order chi connectivity index (χ1) is 11.3. The van der Waals surface area contributed by atoms with Gasteiger partial charge in [0.25, 0.3) is 0 Å². The van der Waals surface area contributed by atoms with Gasteiger partial charge in [0, 0.05) is 5.69 Å². The predicted molar refractivity (Wildman–Crippen MR) is 94.2 cm³/mol. The SMILES string of the molecule is CC(C)(C)c1ccc(NC(=O)Cn2c(=O)oc3ccccc32)cc1. The molecule has 5 heteroatoms. The molecule has 0 aliphatic heterocycles. The zero-order valence-electron chi connectivity index (χ0n) is 14.0. The van der Waals surface area contributed by atoms with E-state index in [2.05, 4.69) is 26.1 Å². The number of carbonyl (C=O) groups excluding carboxylic acids is 1. The highest BCUT2D eigenvalue weighted by Gasteiger charge is 2.14. The van der Waals surface area contributed by atoms with E-state index in [-0.39, 0.29) is 17.9 Å². The molecule has 3 aromatic rings. The van der Waals surface area contributed by atoms with Crippen molar-refractivity contribution in [3.63, 3.8) is 0 Å². The Morgan fingerprint density at radius 3 is 2.42 bits per heavy atom. The van der Waals surface area contributed by atoms with Crippen molar-refractivity contribution in [2.24, 2.45) is 0 Å². The molecule has 0 radical (unpaired) electrons. The summed E-state index contributed by atoms with van der Waals surface area (Å²) in [6.45, 7) is 6.32. The van der Waals surface area contributed by atoms with Crippen molar-refractivity contribution in [2.45, 2.75) is 32.7 Å². The topological polar surface area (TPSA) is 64.2 Å². The Hall–Kier alpha value is -2.82. The van der Waals surface area contributed by atoms with E-state index in [0.29, 0.717) is 16.8 Å². The number of oxazole rings is 1. The Bertz CT molecular complexity index is 928. The molecule has 1 amide bonds. The van der Waals surface area contributed by atoms with Crippen molar-refractivity contribution in [1.29, 1.82) is 0 Å². The summed E-state index contributed by atoms with van der Waals surface area (Å²) in [6, 6.07) is 14.8. The van der Waals surface area contributed by atoms with Gasteiger partial charge in [-0.2, -0.15) is 0 Å². The maximum Gasteiger partial charge on any atom is 0.420 e. The fraction of sp³-hybridized carbons (Fsp3) is 0.263. The molecular weight excluding hydrogens is 304 g/mol. The van der Waals surface area contributed by atoms with Crippen LogP contribution >= 0.6 is 0 Å². The molecule has 3 rings (SSSR count). The molecule has 0 fully saturated rings. The second-order valence-corrected chi connectivity index (χ2v) is 6.80. The number of hydrogen-bond acceptors (Lipinski definition) is 3. The van der Waals surface area contributed by atoms with Crippen LogP contribution in [0.1, 0.15) is 26.3 Å². The first kappa shape index (κ1) is 16.1. The Morgan fingerprint density at radius 2 is 1.75 bits per heavy atom. The van der Waals surface area contributed by atoms with E-state index in [9.17, 15) is 9.59 Å². The first-order valence-corrected chi connectivity index (χ1v) is 7.83. The third-order valence-electron chi connectivity index (χ3n) is 3.91. The number of nitrogens with zero attached hydrogens (tertiary/aromatic N) is 1. The first-order valence-electron chi connectivity index (χ1n) is 7.83. The zero-order chi connectivity index (χ0) is 17.3. The van der Waals surface area contributed by atoms with Gasteiger partial charge in [0.05, 0.1) is 5.52 Å². The Balaban J connectivity index is 1.76. The molecule has 0 spiro atoms. The smallest absolute Gasteiger partial charge is 0.408 e. The highest BCUT2D eigenvalue weighted by atomic mass is 16.4. The van der Waals surface area contributed by atoms with E-state index in [1.165, 1.54) is 10.1 Å². The van der Waals surface area contributed by atoms with Gasteiger partial charge in [0.15, 0.2) is 5.58 Å². The lowest BCUT2D eigenvalue weighted by Crippen LogP contribution is -2.24. The van der Waals surface area contributed by atoms with Crippen molar-refractivity contribution >= 4 is 22.7 Å². The van der Waals surface area contributed by atoms with Gasteiger partial charge in [0.2, 0.25) is 5.91 Å². The van der Waals surface area contributed by atoms with Gasteiger partial charge in [-0.15, -0.1) is 0 Å². The summed E-state index contributed by atoms with van der Waals surface area (Å²) in [5.41, 5.74) is 3.04. The maximum atomic E-state index is 12.2. The monoisotopic (exact) mass is 324 g/mol. The van der Waals surface area contributed by atoms with Gasteiger partial charge in [0.1, 0.15) is 6.54 Å². The van der Waals surface area contributed by atoms with Crippen molar-refractivity contribution in [1.82, 2.24) is 4.57 Å². The van der Waals surface area contributed by atoms with Crippen LogP contribution < -0.4 is 11.1 Å². The van der Waals surface area contributed by atoms with Crippen LogP contribution in [0.4, 0.5) is 5.69 Å². The van der Waals surface area contributed by atoms with E-state index in [1.807, 2.05) is 24.3 Å². The van der Waals surface area contributed by atoms with Crippen molar-refractivity contribution < 1.29 is 9.21 Å². The highest BCUT2D eigenvalue weighted by molar-refractivity contribution is 5.91. The Kier molecular flexibility index (Phi) is 4.01. The number of benzene rings is 2. The van der Waals surface area contributed by atoms with Crippen LogP contribution in [0, 0.1) is 0 Å². The third kappa shape index (κ3) is 3.25. The molecule has 0 aliphatic rings. The molecule has 0 bridgehead atoms. The molecule has 2 aromatic carbocycles. The average molecular weight is 324 g/mol. The molecule has 0 unspecified atom stereocenters. The standard InChI is InChI=1S/C19H20N2O3/c1-19(2,3)13-8-10-14(11-9-13)20-17(22)12-21-15-6-4-5-7-16(15)24-18(21)23/h4-11H,12H2,1-3H3,(H,20,22). The number of para-hydroxylation sites is 2. The summed E-state index contributed by atoms with van der Waals surface area (Å²) in [5.74, 6) is -0.804. The minimum atomic E-state index is -0.533. The van der Waals surface area contributed by atoms with Gasteiger partial charge in [-0.25, -0.2) is 4.79 Å². The highest BCUT2D eigenvalue weighted by Crippen LogP contribution is 2.23. The third-order valence-corrected chi connectivity index (χ3v) is 3.91. The lowest BCUT2D eigenvalue weighted by molar-refractivity contribution is -0.116. The van der Waals surface area contributed by atoms with E-state index < -0.39 is 5.76 Å². The van der Waals surface area contributed by atoms with E-state index in [0.717, 1.165) is 0 Å². The summed E-state index contributed by atoms with van der Waals surface area (Å²) < 4.78 is 6.46. The number of nitrogens with one attached hydrogen (secondary N) is 1. The van der Waals surface area contributed by atoms with E-state index >= 15 is 0 Å². The second-order valence-electron chi connectivity index (χ2n) is 6.80. The molecule has 5 nitrogen and oxygen atoms in total. The van der Waals surface area contributed by atoms with Crippen LogP contribution in [0.5, 0.6) is 0 Å². The normalized spacial score (nSPS) is 11.6. The fourth-order valence-electron chi connectivity index (χ4n) is 2.56. The van der Waals surface area contributed by atoms with Crippen LogP contribution in [0.15, 0.2) is 57.7 Å². The number of carbonyl (C=O) groups is 1. The van der Waals surface area contributed by atoms with Crippen LogP contribution in [-0.4, -0.2) is 10.5 Å². The minimum Gasteiger partial charge on any atom is -0.408 e. The lowest BCUT2D eigenvalue weighted by Gasteiger charge is -2.19. The molecule has 24 heavy (non-hydrogen) atoms. The van der Waals surface area contributed by atoms with Gasteiger partial charge < -0.3 is 9.73 Å². The van der Waals surface area contributed by atoms with Crippen molar-refractivity contribution in [2.75, 3.05) is 5.32 Å². The molecule has 124 valence electrons. The molecule has 1 N–H and O–H groups in total. The summed E-state index contributed by atoms with van der Waals surface area (Å²) in [7, 11) is 0. The number of aromatic nitrogens is 1. The quantitative estimate of drug-likeness (QED) is 0.801. The predicted octanol–water partition coefficient (Wildman–Crippen LogP) is 3.53. The second kappa shape index (κ2) is 6.00. The molecule has 0 atom stereocenters.